The number of amides is 1. The first-order valence-corrected chi connectivity index (χ1v) is 10.7. The SMILES string of the molecule is CCC(=O)N1CCN(CCN=CC2C(=O)CC(c3ccc(OC)cc3)CC2=O)CC1. The number of hydrogen-bond donors (Lipinski definition) is 0. The second-order valence-corrected chi connectivity index (χ2v) is 7.92. The van der Waals surface area contributed by atoms with Crippen LogP contribution in [0.2, 0.25) is 0 Å². The average Bonchev–Trinajstić information content (AvgIpc) is 2.78. The predicted molar refractivity (Wildman–Crippen MR) is 115 cm³/mol. The Morgan fingerprint density at radius 2 is 1.73 bits per heavy atom. The van der Waals surface area contributed by atoms with Gasteiger partial charge in [-0.1, -0.05) is 19.1 Å². The molecule has 2 aliphatic rings. The van der Waals surface area contributed by atoms with E-state index >= 15 is 0 Å². The summed E-state index contributed by atoms with van der Waals surface area (Å²) < 4.78 is 5.16. The van der Waals surface area contributed by atoms with E-state index in [9.17, 15) is 14.4 Å². The number of methoxy groups -OCH3 is 1. The Balaban J connectivity index is 1.45. The average molecular weight is 414 g/mol. The highest BCUT2D eigenvalue weighted by atomic mass is 16.5. The molecule has 2 fully saturated rings. The van der Waals surface area contributed by atoms with Crippen LogP contribution in [0.15, 0.2) is 29.3 Å². The third-order valence-corrected chi connectivity index (χ3v) is 6.00. The summed E-state index contributed by atoms with van der Waals surface area (Å²) in [5, 5.41) is 0. The lowest BCUT2D eigenvalue weighted by Crippen LogP contribution is -2.49. The molecule has 1 amide bonds. The highest BCUT2D eigenvalue weighted by molar-refractivity contribution is 6.16. The zero-order valence-electron chi connectivity index (χ0n) is 17.9. The lowest BCUT2D eigenvalue weighted by molar-refractivity contribution is -0.133. The molecule has 1 aliphatic heterocycles. The molecule has 1 aromatic rings. The van der Waals surface area contributed by atoms with E-state index in [0.29, 0.717) is 25.8 Å². The van der Waals surface area contributed by atoms with Gasteiger partial charge in [-0.3, -0.25) is 24.3 Å². The van der Waals surface area contributed by atoms with Gasteiger partial charge in [0.25, 0.3) is 0 Å². The van der Waals surface area contributed by atoms with Crippen molar-refractivity contribution in [2.75, 3.05) is 46.4 Å². The molecular weight excluding hydrogens is 382 g/mol. The highest BCUT2D eigenvalue weighted by Crippen LogP contribution is 2.32. The Morgan fingerprint density at radius 1 is 1.10 bits per heavy atom. The number of hydrogen-bond acceptors (Lipinski definition) is 6. The molecule has 30 heavy (non-hydrogen) atoms. The fraction of sp³-hybridized carbons (Fsp3) is 0.565. The number of piperazine rings is 1. The normalized spacial score (nSPS) is 23.2. The number of carbonyl (C=O) groups is 3. The Morgan fingerprint density at radius 3 is 2.30 bits per heavy atom. The Bertz CT molecular complexity index is 764. The molecule has 162 valence electrons. The first-order valence-electron chi connectivity index (χ1n) is 10.7. The molecule has 1 aliphatic carbocycles. The van der Waals surface area contributed by atoms with Gasteiger partial charge in [-0.05, 0) is 23.6 Å². The van der Waals surface area contributed by atoms with E-state index in [0.717, 1.165) is 44.0 Å². The van der Waals surface area contributed by atoms with E-state index in [-0.39, 0.29) is 23.4 Å². The number of Topliss-reactive ketones (excluding diaryl/α,β-unsaturated/α-hetero) is 2. The van der Waals surface area contributed by atoms with Gasteiger partial charge in [0, 0.05) is 58.2 Å². The minimum Gasteiger partial charge on any atom is -0.497 e. The number of aliphatic imine (C=N–C) groups is 1. The summed E-state index contributed by atoms with van der Waals surface area (Å²) in [5.41, 5.74) is 0.994. The molecular formula is C23H31N3O4. The fourth-order valence-corrected chi connectivity index (χ4v) is 4.09. The van der Waals surface area contributed by atoms with Gasteiger partial charge < -0.3 is 9.64 Å². The van der Waals surface area contributed by atoms with Crippen LogP contribution >= 0.6 is 0 Å². The first kappa shape index (κ1) is 22.2. The molecule has 0 atom stereocenters. The molecule has 3 rings (SSSR count). The van der Waals surface area contributed by atoms with Crippen LogP contribution in [-0.4, -0.2) is 79.9 Å². The molecule has 7 nitrogen and oxygen atoms in total. The van der Waals surface area contributed by atoms with Crippen LogP contribution in [-0.2, 0) is 14.4 Å². The molecule has 0 spiro atoms. The summed E-state index contributed by atoms with van der Waals surface area (Å²) in [4.78, 5) is 45.4. The number of carbonyl (C=O) groups excluding carboxylic acids is 3. The number of ether oxygens (including phenoxy) is 1. The van der Waals surface area contributed by atoms with Gasteiger partial charge in [0.15, 0.2) is 0 Å². The summed E-state index contributed by atoms with van der Waals surface area (Å²) in [6.07, 6.45) is 2.82. The number of benzene rings is 1. The van der Waals surface area contributed by atoms with Gasteiger partial charge in [0.05, 0.1) is 13.7 Å². The van der Waals surface area contributed by atoms with E-state index in [2.05, 4.69) is 9.89 Å². The van der Waals surface area contributed by atoms with Gasteiger partial charge in [0.1, 0.15) is 23.2 Å². The maximum absolute atomic E-state index is 12.6. The number of ketones is 2. The summed E-state index contributed by atoms with van der Waals surface area (Å²) in [5.74, 6) is 0.0803. The Kier molecular flexibility index (Phi) is 7.74. The van der Waals surface area contributed by atoms with Crippen molar-refractivity contribution < 1.29 is 19.1 Å². The van der Waals surface area contributed by atoms with Crippen molar-refractivity contribution in [3.8, 4) is 5.75 Å². The van der Waals surface area contributed by atoms with Crippen molar-refractivity contribution in [3.63, 3.8) is 0 Å². The maximum Gasteiger partial charge on any atom is 0.222 e. The number of nitrogens with zero attached hydrogens (tertiary/aromatic N) is 3. The van der Waals surface area contributed by atoms with Crippen molar-refractivity contribution >= 4 is 23.7 Å². The maximum atomic E-state index is 12.6. The van der Waals surface area contributed by atoms with Crippen LogP contribution in [0.25, 0.3) is 0 Å². The van der Waals surface area contributed by atoms with Crippen molar-refractivity contribution in [2.45, 2.75) is 32.1 Å². The lowest BCUT2D eigenvalue weighted by atomic mass is 9.77. The van der Waals surface area contributed by atoms with Crippen molar-refractivity contribution in [1.29, 1.82) is 0 Å². The van der Waals surface area contributed by atoms with E-state index in [1.54, 1.807) is 13.3 Å². The smallest absolute Gasteiger partial charge is 0.222 e. The molecule has 1 heterocycles. The monoisotopic (exact) mass is 413 g/mol. The van der Waals surface area contributed by atoms with Gasteiger partial charge in [-0.25, -0.2) is 0 Å². The predicted octanol–water partition coefficient (Wildman–Crippen LogP) is 1.95. The zero-order valence-corrected chi connectivity index (χ0v) is 17.9. The fourth-order valence-electron chi connectivity index (χ4n) is 4.09. The molecule has 7 heteroatoms. The standard InChI is InChI=1S/C23H31N3O4/c1-3-23(29)26-12-10-25(11-13-26)9-8-24-16-20-21(27)14-18(15-22(20)28)17-4-6-19(30-2)7-5-17/h4-7,16,18,20H,3,8-15H2,1-2H3. The molecule has 0 bridgehead atoms. The van der Waals surface area contributed by atoms with E-state index < -0.39 is 5.92 Å². The minimum absolute atomic E-state index is 0.0532. The summed E-state index contributed by atoms with van der Waals surface area (Å²) in [6.45, 7) is 6.40. The van der Waals surface area contributed by atoms with Gasteiger partial charge in [0.2, 0.25) is 5.91 Å². The lowest BCUT2D eigenvalue weighted by Gasteiger charge is -2.34. The molecule has 1 saturated heterocycles. The molecule has 0 unspecified atom stereocenters. The third kappa shape index (κ3) is 5.53. The molecule has 0 radical (unpaired) electrons. The summed E-state index contributed by atoms with van der Waals surface area (Å²) in [6, 6.07) is 7.56. The van der Waals surface area contributed by atoms with Crippen LogP contribution in [0, 0.1) is 5.92 Å². The van der Waals surface area contributed by atoms with Gasteiger partial charge in [-0.2, -0.15) is 0 Å². The summed E-state index contributed by atoms with van der Waals surface area (Å²) in [7, 11) is 1.61. The zero-order chi connectivity index (χ0) is 21.5. The van der Waals surface area contributed by atoms with E-state index in [1.165, 1.54) is 0 Å². The largest absolute Gasteiger partial charge is 0.497 e. The van der Waals surface area contributed by atoms with Crippen LogP contribution in [0.4, 0.5) is 0 Å². The van der Waals surface area contributed by atoms with Crippen LogP contribution in [0.3, 0.4) is 0 Å². The number of rotatable bonds is 7. The third-order valence-electron chi connectivity index (χ3n) is 6.00. The first-order chi connectivity index (χ1) is 14.5. The second-order valence-electron chi connectivity index (χ2n) is 7.92. The topological polar surface area (TPSA) is 79.3 Å². The molecule has 0 aromatic heterocycles. The van der Waals surface area contributed by atoms with Gasteiger partial charge >= 0.3 is 0 Å². The van der Waals surface area contributed by atoms with Crippen LogP contribution in [0.1, 0.15) is 37.7 Å². The van der Waals surface area contributed by atoms with Crippen LogP contribution in [0.5, 0.6) is 5.75 Å². The van der Waals surface area contributed by atoms with Crippen LogP contribution < -0.4 is 4.74 Å². The van der Waals surface area contributed by atoms with E-state index in [1.807, 2.05) is 36.1 Å². The molecule has 0 N–H and O–H groups in total. The minimum atomic E-state index is -0.710. The van der Waals surface area contributed by atoms with E-state index in [4.69, 9.17) is 4.74 Å². The van der Waals surface area contributed by atoms with Crippen molar-refractivity contribution in [1.82, 2.24) is 9.80 Å². The summed E-state index contributed by atoms with van der Waals surface area (Å²) >= 11 is 0. The second kappa shape index (κ2) is 10.5. The molecule has 1 aromatic carbocycles. The highest BCUT2D eigenvalue weighted by Gasteiger charge is 2.34. The van der Waals surface area contributed by atoms with Gasteiger partial charge in [-0.15, -0.1) is 0 Å². The Labute approximate surface area is 178 Å². The van der Waals surface area contributed by atoms with Crippen molar-refractivity contribution in [2.24, 2.45) is 10.9 Å². The molecule has 1 saturated carbocycles. The Hall–Kier alpha value is -2.54. The van der Waals surface area contributed by atoms with Crippen molar-refractivity contribution in [3.05, 3.63) is 29.8 Å². The quantitative estimate of drug-likeness (QED) is 0.504.